The second kappa shape index (κ2) is 4.51. The number of benzene rings is 1. The molecule has 1 aromatic heterocycles. The van der Waals surface area contributed by atoms with Gasteiger partial charge in [-0.25, -0.2) is 4.98 Å². The summed E-state index contributed by atoms with van der Waals surface area (Å²) in [4.78, 5) is 4.34. The summed E-state index contributed by atoms with van der Waals surface area (Å²) in [6, 6.07) is 3.58. The summed E-state index contributed by atoms with van der Waals surface area (Å²) in [5.41, 5.74) is 6.95. The average molecular weight is 290 g/mol. The molecule has 2 rings (SSSR count). The van der Waals surface area contributed by atoms with Crippen LogP contribution in [0.15, 0.2) is 21.0 Å². The zero-order chi connectivity index (χ0) is 10.8. The molecule has 0 saturated heterocycles. The zero-order valence-corrected chi connectivity index (χ0v) is 10.3. The van der Waals surface area contributed by atoms with E-state index in [4.69, 9.17) is 21.8 Å². The lowest BCUT2D eigenvalue weighted by Crippen LogP contribution is -2.00. The lowest BCUT2D eigenvalue weighted by atomic mass is 10.3. The molecule has 1 heterocycles. The molecule has 0 amide bonds. The predicted molar refractivity (Wildman–Crippen MR) is 64.1 cm³/mol. The second-order valence-electron chi connectivity index (χ2n) is 3.24. The molecule has 2 N–H and O–H groups in total. The van der Waals surface area contributed by atoms with E-state index >= 15 is 0 Å². The van der Waals surface area contributed by atoms with Crippen molar-refractivity contribution in [1.82, 2.24) is 4.98 Å². The quantitative estimate of drug-likeness (QED) is 0.944. The van der Waals surface area contributed by atoms with Crippen molar-refractivity contribution in [2.45, 2.75) is 12.8 Å². The van der Waals surface area contributed by atoms with Gasteiger partial charge in [-0.2, -0.15) is 0 Å². The first-order chi connectivity index (χ1) is 7.20. The summed E-state index contributed by atoms with van der Waals surface area (Å²) in [6.45, 7) is 0.640. The van der Waals surface area contributed by atoms with E-state index in [1.54, 1.807) is 12.1 Å². The molecular weight excluding hydrogens is 279 g/mol. The molecule has 0 spiro atoms. The van der Waals surface area contributed by atoms with Crippen molar-refractivity contribution in [2.75, 3.05) is 6.54 Å². The number of nitrogens with two attached hydrogens (primary N) is 1. The number of aryl methyl sites for hydroxylation is 1. The van der Waals surface area contributed by atoms with E-state index in [9.17, 15) is 0 Å². The molecule has 0 aliphatic rings. The molecule has 0 fully saturated rings. The van der Waals surface area contributed by atoms with E-state index in [0.717, 1.165) is 28.4 Å². The SMILES string of the molecule is NCCCc1nc2cc(Cl)cc(Br)c2o1. The molecule has 0 unspecified atom stereocenters. The van der Waals surface area contributed by atoms with Crippen LogP contribution in [-0.4, -0.2) is 11.5 Å². The van der Waals surface area contributed by atoms with Crippen LogP contribution in [0.2, 0.25) is 5.02 Å². The number of hydrogen-bond acceptors (Lipinski definition) is 3. The van der Waals surface area contributed by atoms with Gasteiger partial charge in [0, 0.05) is 11.4 Å². The first-order valence-electron chi connectivity index (χ1n) is 4.65. The number of nitrogens with zero attached hydrogens (tertiary/aromatic N) is 1. The van der Waals surface area contributed by atoms with Crippen LogP contribution >= 0.6 is 27.5 Å². The largest absolute Gasteiger partial charge is 0.440 e. The van der Waals surface area contributed by atoms with Gasteiger partial charge in [-0.15, -0.1) is 0 Å². The Bertz CT molecular complexity index is 483. The molecule has 0 atom stereocenters. The molecule has 0 aliphatic heterocycles. The minimum Gasteiger partial charge on any atom is -0.440 e. The molecule has 2 aromatic rings. The van der Waals surface area contributed by atoms with Crippen LogP contribution in [0.1, 0.15) is 12.3 Å². The highest BCUT2D eigenvalue weighted by atomic mass is 79.9. The van der Waals surface area contributed by atoms with Crippen LogP contribution in [0, 0.1) is 0 Å². The Kier molecular flexibility index (Phi) is 3.29. The molecule has 0 saturated carbocycles. The summed E-state index contributed by atoms with van der Waals surface area (Å²) in [7, 11) is 0. The van der Waals surface area contributed by atoms with Gasteiger partial charge < -0.3 is 10.2 Å². The Labute approximate surface area is 101 Å². The van der Waals surface area contributed by atoms with E-state index in [-0.39, 0.29) is 0 Å². The van der Waals surface area contributed by atoms with Gasteiger partial charge in [0.15, 0.2) is 11.5 Å². The molecule has 80 valence electrons. The fraction of sp³-hybridized carbons (Fsp3) is 0.300. The van der Waals surface area contributed by atoms with Gasteiger partial charge >= 0.3 is 0 Å². The average Bonchev–Trinajstić information content (AvgIpc) is 2.57. The summed E-state index contributed by atoms with van der Waals surface area (Å²) >= 11 is 9.29. The molecule has 3 nitrogen and oxygen atoms in total. The van der Waals surface area contributed by atoms with Gasteiger partial charge in [-0.1, -0.05) is 11.6 Å². The number of rotatable bonds is 3. The van der Waals surface area contributed by atoms with E-state index in [1.807, 2.05) is 0 Å². The summed E-state index contributed by atoms with van der Waals surface area (Å²) in [5, 5.41) is 0.646. The maximum atomic E-state index is 5.91. The number of aromatic nitrogens is 1. The normalized spacial score (nSPS) is 11.1. The summed E-state index contributed by atoms with van der Waals surface area (Å²) < 4.78 is 6.41. The first-order valence-corrected chi connectivity index (χ1v) is 5.82. The number of hydrogen-bond donors (Lipinski definition) is 1. The smallest absolute Gasteiger partial charge is 0.195 e. The summed E-state index contributed by atoms with van der Waals surface area (Å²) in [6.07, 6.45) is 1.63. The first kappa shape index (κ1) is 10.9. The fourth-order valence-electron chi connectivity index (χ4n) is 1.37. The van der Waals surface area contributed by atoms with Crippen molar-refractivity contribution in [2.24, 2.45) is 5.73 Å². The Morgan fingerprint density at radius 1 is 1.47 bits per heavy atom. The third-order valence-electron chi connectivity index (χ3n) is 2.05. The van der Waals surface area contributed by atoms with Gasteiger partial charge in [-0.3, -0.25) is 0 Å². The third kappa shape index (κ3) is 2.33. The highest BCUT2D eigenvalue weighted by Crippen LogP contribution is 2.28. The van der Waals surface area contributed by atoms with Gasteiger partial charge in [0.2, 0.25) is 0 Å². The Morgan fingerprint density at radius 3 is 3.00 bits per heavy atom. The van der Waals surface area contributed by atoms with Gasteiger partial charge in [0.25, 0.3) is 0 Å². The topological polar surface area (TPSA) is 52.0 Å². The maximum Gasteiger partial charge on any atom is 0.195 e. The Hall–Kier alpha value is -0.580. The van der Waals surface area contributed by atoms with Crippen molar-refractivity contribution in [3.8, 4) is 0 Å². The Morgan fingerprint density at radius 2 is 2.27 bits per heavy atom. The highest BCUT2D eigenvalue weighted by Gasteiger charge is 2.09. The minimum atomic E-state index is 0.640. The fourth-order valence-corrected chi connectivity index (χ4v) is 2.24. The van der Waals surface area contributed by atoms with Crippen LogP contribution in [0.4, 0.5) is 0 Å². The standard InChI is InChI=1S/C10H10BrClN2O/c11-7-4-6(12)5-8-10(7)15-9(14-8)2-1-3-13/h4-5H,1-3,13H2. The molecule has 5 heteroatoms. The maximum absolute atomic E-state index is 5.91. The molecular formula is C10H10BrClN2O. The van der Waals surface area contributed by atoms with Crippen molar-refractivity contribution in [3.63, 3.8) is 0 Å². The lowest BCUT2D eigenvalue weighted by molar-refractivity contribution is 0.520. The van der Waals surface area contributed by atoms with Crippen molar-refractivity contribution < 1.29 is 4.42 Å². The van der Waals surface area contributed by atoms with Crippen molar-refractivity contribution in [3.05, 3.63) is 27.5 Å². The molecule has 0 aliphatic carbocycles. The zero-order valence-electron chi connectivity index (χ0n) is 7.96. The van der Waals surface area contributed by atoms with Crippen molar-refractivity contribution >= 4 is 38.6 Å². The molecule has 0 bridgehead atoms. The van der Waals surface area contributed by atoms with Gasteiger partial charge in [0.1, 0.15) is 5.52 Å². The van der Waals surface area contributed by atoms with E-state index in [0.29, 0.717) is 17.5 Å². The predicted octanol–water partition coefficient (Wildman–Crippen LogP) is 3.14. The van der Waals surface area contributed by atoms with Gasteiger partial charge in [-0.05, 0) is 41.0 Å². The molecule has 1 aromatic carbocycles. The van der Waals surface area contributed by atoms with Crippen LogP contribution in [0.5, 0.6) is 0 Å². The van der Waals surface area contributed by atoms with Gasteiger partial charge in [0.05, 0.1) is 4.47 Å². The van der Waals surface area contributed by atoms with Crippen LogP contribution in [0.25, 0.3) is 11.1 Å². The molecule has 0 radical (unpaired) electrons. The lowest BCUT2D eigenvalue weighted by Gasteiger charge is -1.92. The highest BCUT2D eigenvalue weighted by molar-refractivity contribution is 9.10. The minimum absolute atomic E-state index is 0.640. The van der Waals surface area contributed by atoms with E-state index in [1.165, 1.54) is 0 Å². The number of halogens is 2. The second-order valence-corrected chi connectivity index (χ2v) is 4.53. The Balaban J connectivity index is 2.41. The van der Waals surface area contributed by atoms with Crippen LogP contribution < -0.4 is 5.73 Å². The summed E-state index contributed by atoms with van der Waals surface area (Å²) in [5.74, 6) is 0.707. The molecule has 15 heavy (non-hydrogen) atoms. The van der Waals surface area contributed by atoms with Crippen LogP contribution in [-0.2, 0) is 6.42 Å². The van der Waals surface area contributed by atoms with E-state index < -0.39 is 0 Å². The monoisotopic (exact) mass is 288 g/mol. The third-order valence-corrected chi connectivity index (χ3v) is 2.86. The van der Waals surface area contributed by atoms with Crippen molar-refractivity contribution in [1.29, 1.82) is 0 Å². The number of fused-ring (bicyclic) bond motifs is 1. The van der Waals surface area contributed by atoms with E-state index in [2.05, 4.69) is 20.9 Å². The number of oxazole rings is 1. The van der Waals surface area contributed by atoms with Crippen LogP contribution in [0.3, 0.4) is 0 Å².